The lowest BCUT2D eigenvalue weighted by Gasteiger charge is -2.37. The lowest BCUT2D eigenvalue weighted by Crippen LogP contribution is -2.50. The number of piperidine rings is 1. The van der Waals surface area contributed by atoms with E-state index >= 15 is 0 Å². The van der Waals surface area contributed by atoms with Gasteiger partial charge < -0.3 is 15.7 Å². The third-order valence-electron chi connectivity index (χ3n) is 4.12. The number of phenolic OH excluding ortho intramolecular Hbond substituents is 1. The van der Waals surface area contributed by atoms with Crippen molar-refractivity contribution >= 4 is 5.91 Å². The maximum Gasteiger partial charge on any atom is 0.254 e. The molecule has 2 fully saturated rings. The molecule has 0 radical (unpaired) electrons. The fourth-order valence-corrected chi connectivity index (χ4v) is 3.30. The van der Waals surface area contributed by atoms with Crippen LogP contribution in [0.1, 0.15) is 36.0 Å². The number of rotatable bonds is 1. The van der Waals surface area contributed by atoms with Crippen LogP contribution in [0.4, 0.5) is 0 Å². The zero-order chi connectivity index (χ0) is 12.7. The van der Waals surface area contributed by atoms with Gasteiger partial charge in [-0.25, -0.2) is 0 Å². The van der Waals surface area contributed by atoms with E-state index in [2.05, 4.69) is 0 Å². The van der Waals surface area contributed by atoms with Crippen molar-refractivity contribution in [3.8, 4) is 5.75 Å². The molecule has 2 heterocycles. The highest BCUT2D eigenvalue weighted by Gasteiger charge is 2.42. The number of carbonyl (C=O) groups excluding carboxylic acids is 1. The number of nitrogens with zero attached hydrogens (tertiary/aromatic N) is 1. The van der Waals surface area contributed by atoms with Crippen LogP contribution in [0.5, 0.6) is 5.75 Å². The number of carbonyl (C=O) groups is 1. The van der Waals surface area contributed by atoms with E-state index in [1.54, 1.807) is 24.3 Å². The molecular formula is C14H18N2O2. The van der Waals surface area contributed by atoms with Crippen LogP contribution in [-0.4, -0.2) is 34.0 Å². The van der Waals surface area contributed by atoms with Gasteiger partial charge in [0.2, 0.25) is 0 Å². The Balaban J connectivity index is 1.83. The lowest BCUT2D eigenvalue weighted by molar-refractivity contribution is 0.0575. The van der Waals surface area contributed by atoms with Gasteiger partial charge in [-0.15, -0.1) is 0 Å². The van der Waals surface area contributed by atoms with Gasteiger partial charge >= 0.3 is 0 Å². The summed E-state index contributed by atoms with van der Waals surface area (Å²) in [5.74, 6) is 0.268. The number of amides is 1. The first-order chi connectivity index (χ1) is 8.65. The fourth-order valence-electron chi connectivity index (χ4n) is 3.30. The highest BCUT2D eigenvalue weighted by atomic mass is 16.3. The van der Waals surface area contributed by atoms with Gasteiger partial charge in [-0.2, -0.15) is 0 Å². The minimum absolute atomic E-state index is 0.0781. The van der Waals surface area contributed by atoms with Gasteiger partial charge in [0, 0.05) is 23.7 Å². The van der Waals surface area contributed by atoms with Crippen LogP contribution in [0.15, 0.2) is 24.3 Å². The molecule has 0 aliphatic carbocycles. The van der Waals surface area contributed by atoms with Crippen molar-refractivity contribution in [3.05, 3.63) is 29.8 Å². The molecule has 4 heteroatoms. The molecule has 0 aromatic heterocycles. The first-order valence-corrected chi connectivity index (χ1v) is 6.52. The molecule has 2 aliphatic rings. The predicted molar refractivity (Wildman–Crippen MR) is 68.3 cm³/mol. The summed E-state index contributed by atoms with van der Waals surface area (Å²) < 4.78 is 0. The van der Waals surface area contributed by atoms with Crippen LogP contribution in [0.3, 0.4) is 0 Å². The Morgan fingerprint density at radius 3 is 2.28 bits per heavy atom. The molecule has 2 aliphatic heterocycles. The highest BCUT2D eigenvalue weighted by molar-refractivity contribution is 5.95. The molecule has 1 amide bonds. The zero-order valence-electron chi connectivity index (χ0n) is 10.2. The summed E-state index contributed by atoms with van der Waals surface area (Å²) in [6.07, 6.45) is 3.98. The second-order valence-corrected chi connectivity index (χ2v) is 5.38. The van der Waals surface area contributed by atoms with Crippen molar-refractivity contribution in [2.24, 2.45) is 5.73 Å². The van der Waals surface area contributed by atoms with E-state index in [-0.39, 0.29) is 17.7 Å². The van der Waals surface area contributed by atoms with Crippen molar-refractivity contribution in [2.45, 2.75) is 43.8 Å². The average Bonchev–Trinajstić information content (AvgIpc) is 2.62. The van der Waals surface area contributed by atoms with Crippen LogP contribution in [-0.2, 0) is 0 Å². The van der Waals surface area contributed by atoms with Gasteiger partial charge in [-0.05, 0) is 49.9 Å². The molecule has 0 spiro atoms. The van der Waals surface area contributed by atoms with Crippen LogP contribution in [0, 0.1) is 0 Å². The van der Waals surface area contributed by atoms with Crippen LogP contribution < -0.4 is 5.73 Å². The third kappa shape index (κ3) is 1.86. The maximum atomic E-state index is 12.5. The Morgan fingerprint density at radius 2 is 1.72 bits per heavy atom. The summed E-state index contributed by atoms with van der Waals surface area (Å²) in [7, 11) is 0. The second-order valence-electron chi connectivity index (χ2n) is 5.38. The first-order valence-electron chi connectivity index (χ1n) is 6.52. The van der Waals surface area contributed by atoms with Crippen LogP contribution >= 0.6 is 0 Å². The van der Waals surface area contributed by atoms with E-state index < -0.39 is 0 Å². The molecule has 2 saturated heterocycles. The summed E-state index contributed by atoms with van der Waals surface area (Å²) >= 11 is 0. The minimum Gasteiger partial charge on any atom is -0.508 e. The number of nitrogens with two attached hydrogens (primary N) is 1. The van der Waals surface area contributed by atoms with Crippen molar-refractivity contribution < 1.29 is 9.90 Å². The van der Waals surface area contributed by atoms with E-state index in [0.717, 1.165) is 25.7 Å². The SMILES string of the molecule is NC1CC2CCC(C1)N2C(=O)c1ccc(O)cc1. The number of benzene rings is 1. The molecule has 18 heavy (non-hydrogen) atoms. The quantitative estimate of drug-likeness (QED) is 0.789. The Kier molecular flexibility index (Phi) is 2.74. The van der Waals surface area contributed by atoms with E-state index in [1.165, 1.54) is 0 Å². The molecule has 2 unspecified atom stereocenters. The fraction of sp³-hybridized carbons (Fsp3) is 0.500. The van der Waals surface area contributed by atoms with Gasteiger partial charge in [0.15, 0.2) is 0 Å². The topological polar surface area (TPSA) is 66.6 Å². The molecule has 1 aromatic carbocycles. The Morgan fingerprint density at radius 1 is 1.17 bits per heavy atom. The van der Waals surface area contributed by atoms with E-state index in [4.69, 9.17) is 5.73 Å². The van der Waals surface area contributed by atoms with Gasteiger partial charge in [-0.1, -0.05) is 0 Å². The lowest BCUT2D eigenvalue weighted by atomic mass is 9.97. The van der Waals surface area contributed by atoms with Crippen molar-refractivity contribution in [2.75, 3.05) is 0 Å². The minimum atomic E-state index is 0.0781. The van der Waals surface area contributed by atoms with Gasteiger partial charge in [0.1, 0.15) is 5.75 Å². The maximum absolute atomic E-state index is 12.5. The Bertz CT molecular complexity index is 443. The highest BCUT2D eigenvalue weighted by Crippen LogP contribution is 2.36. The Hall–Kier alpha value is -1.55. The van der Waals surface area contributed by atoms with E-state index in [1.807, 2.05) is 4.90 Å². The summed E-state index contributed by atoms with van der Waals surface area (Å²) in [6.45, 7) is 0. The largest absolute Gasteiger partial charge is 0.508 e. The van der Waals surface area contributed by atoms with Crippen molar-refractivity contribution in [1.29, 1.82) is 0 Å². The number of aromatic hydroxyl groups is 1. The average molecular weight is 246 g/mol. The van der Waals surface area contributed by atoms with Crippen molar-refractivity contribution in [1.82, 2.24) is 4.90 Å². The van der Waals surface area contributed by atoms with Crippen LogP contribution in [0.2, 0.25) is 0 Å². The van der Waals surface area contributed by atoms with Gasteiger partial charge in [0.25, 0.3) is 5.91 Å². The summed E-state index contributed by atoms with van der Waals surface area (Å²) in [4.78, 5) is 14.5. The second kappa shape index (κ2) is 4.28. The first kappa shape index (κ1) is 11.5. The summed E-state index contributed by atoms with van der Waals surface area (Å²) in [5, 5.41) is 9.26. The number of hydrogen-bond donors (Lipinski definition) is 2. The number of phenols is 1. The molecular weight excluding hydrogens is 228 g/mol. The summed E-state index contributed by atoms with van der Waals surface area (Å²) in [5.41, 5.74) is 6.66. The zero-order valence-corrected chi connectivity index (χ0v) is 10.2. The number of hydrogen-bond acceptors (Lipinski definition) is 3. The normalized spacial score (nSPS) is 30.5. The molecule has 2 bridgehead atoms. The van der Waals surface area contributed by atoms with E-state index in [0.29, 0.717) is 17.6 Å². The third-order valence-corrected chi connectivity index (χ3v) is 4.12. The Labute approximate surface area is 106 Å². The molecule has 4 nitrogen and oxygen atoms in total. The smallest absolute Gasteiger partial charge is 0.254 e. The molecule has 2 atom stereocenters. The van der Waals surface area contributed by atoms with Gasteiger partial charge in [0.05, 0.1) is 0 Å². The van der Waals surface area contributed by atoms with Crippen molar-refractivity contribution in [3.63, 3.8) is 0 Å². The predicted octanol–water partition coefficient (Wildman–Crippen LogP) is 1.49. The summed E-state index contributed by atoms with van der Waals surface area (Å²) in [6, 6.07) is 7.35. The van der Waals surface area contributed by atoms with E-state index in [9.17, 15) is 9.90 Å². The monoisotopic (exact) mass is 246 g/mol. The molecule has 3 N–H and O–H groups in total. The van der Waals surface area contributed by atoms with Crippen LogP contribution in [0.25, 0.3) is 0 Å². The standard InChI is InChI=1S/C14H18N2O2/c15-10-7-11-3-4-12(8-10)16(11)14(18)9-1-5-13(17)6-2-9/h1-2,5-6,10-12,17H,3-4,7-8,15H2. The molecule has 96 valence electrons. The number of fused-ring (bicyclic) bond motifs is 2. The molecule has 3 rings (SSSR count). The molecule has 0 saturated carbocycles. The van der Waals surface area contributed by atoms with Gasteiger partial charge in [-0.3, -0.25) is 4.79 Å². The molecule has 1 aromatic rings.